The molecule has 1 fully saturated rings. The third-order valence-corrected chi connectivity index (χ3v) is 6.49. The van der Waals surface area contributed by atoms with Gasteiger partial charge in [-0.1, -0.05) is 55.0 Å². The van der Waals surface area contributed by atoms with Gasteiger partial charge in [0.25, 0.3) is 0 Å². The summed E-state index contributed by atoms with van der Waals surface area (Å²) in [6, 6.07) is 16.9. The second kappa shape index (κ2) is 8.52. The minimum Gasteiger partial charge on any atom is -0.350 e. The molecule has 1 aliphatic heterocycles. The van der Waals surface area contributed by atoms with Crippen molar-refractivity contribution in [3.63, 3.8) is 0 Å². The van der Waals surface area contributed by atoms with Crippen molar-refractivity contribution in [2.24, 2.45) is 0 Å². The van der Waals surface area contributed by atoms with Crippen LogP contribution in [0.4, 0.5) is 0 Å². The fraction of sp³-hybridized carbons (Fsp3) is 0.429. The van der Waals surface area contributed by atoms with Gasteiger partial charge in [-0.25, -0.2) is 13.1 Å². The van der Waals surface area contributed by atoms with E-state index < -0.39 is 10.0 Å². The van der Waals surface area contributed by atoms with E-state index in [1.54, 1.807) is 24.3 Å². The summed E-state index contributed by atoms with van der Waals surface area (Å²) in [5.74, 6) is 0. The van der Waals surface area contributed by atoms with Crippen LogP contribution < -0.4 is 4.72 Å². The number of rotatable bonds is 8. The number of hydrogen-bond acceptors (Lipinski definition) is 4. The molecule has 2 aromatic rings. The largest absolute Gasteiger partial charge is 0.350 e. The summed E-state index contributed by atoms with van der Waals surface area (Å²) in [5, 5.41) is 0. The van der Waals surface area contributed by atoms with Gasteiger partial charge in [0.15, 0.2) is 6.29 Å². The summed E-state index contributed by atoms with van der Waals surface area (Å²) in [6.07, 6.45) is 1.26. The molecule has 1 saturated heterocycles. The molecule has 1 heterocycles. The molecule has 3 rings (SSSR count). The fourth-order valence-corrected chi connectivity index (χ4v) is 4.41. The topological polar surface area (TPSA) is 64.6 Å². The Morgan fingerprint density at radius 2 is 1.67 bits per heavy atom. The van der Waals surface area contributed by atoms with Crippen LogP contribution in [-0.4, -0.2) is 34.5 Å². The molecule has 6 heteroatoms. The molecule has 0 bridgehead atoms. The average Bonchev–Trinajstić information content (AvgIpc) is 3.20. The first-order chi connectivity index (χ1) is 12.9. The Hall–Kier alpha value is -1.73. The zero-order valence-electron chi connectivity index (χ0n) is 15.9. The Labute approximate surface area is 161 Å². The van der Waals surface area contributed by atoms with E-state index in [0.29, 0.717) is 19.8 Å². The summed E-state index contributed by atoms with van der Waals surface area (Å²) in [4.78, 5) is 0.283. The van der Waals surface area contributed by atoms with E-state index >= 15 is 0 Å². The van der Waals surface area contributed by atoms with Gasteiger partial charge < -0.3 is 9.47 Å². The molecule has 5 nitrogen and oxygen atoms in total. The molecule has 1 aliphatic rings. The van der Waals surface area contributed by atoms with Crippen LogP contribution in [0, 0.1) is 6.92 Å². The van der Waals surface area contributed by atoms with E-state index in [9.17, 15) is 8.42 Å². The van der Waals surface area contributed by atoms with Gasteiger partial charge in [-0.3, -0.25) is 0 Å². The lowest BCUT2D eigenvalue weighted by Gasteiger charge is -2.31. The van der Waals surface area contributed by atoms with Crippen LogP contribution in [0.2, 0.25) is 0 Å². The molecule has 0 radical (unpaired) electrons. The van der Waals surface area contributed by atoms with Crippen LogP contribution in [0.25, 0.3) is 0 Å². The molecule has 0 saturated carbocycles. The number of nitrogens with one attached hydrogen (secondary N) is 1. The van der Waals surface area contributed by atoms with Crippen molar-refractivity contribution in [3.8, 4) is 0 Å². The Kier molecular flexibility index (Phi) is 6.32. The summed E-state index contributed by atoms with van der Waals surface area (Å²) < 4.78 is 39.3. The summed E-state index contributed by atoms with van der Waals surface area (Å²) in [6.45, 7) is 5.55. The van der Waals surface area contributed by atoms with Crippen LogP contribution in [0.3, 0.4) is 0 Å². The minimum absolute atomic E-state index is 0.207. The number of benzene rings is 2. The Morgan fingerprint density at radius 3 is 2.30 bits per heavy atom. The molecular weight excluding hydrogens is 362 g/mol. The van der Waals surface area contributed by atoms with Gasteiger partial charge >= 0.3 is 0 Å². The summed E-state index contributed by atoms with van der Waals surface area (Å²) >= 11 is 0. The third kappa shape index (κ3) is 5.17. The lowest BCUT2D eigenvalue weighted by molar-refractivity contribution is -0.0508. The smallest absolute Gasteiger partial charge is 0.240 e. The SMILES string of the molecule is Cc1ccc(S(=O)(=O)NCC(C)(CCC2OCCO2)c2ccccc2)cc1. The lowest BCUT2D eigenvalue weighted by Crippen LogP contribution is -2.39. The molecule has 1 N–H and O–H groups in total. The molecule has 1 unspecified atom stereocenters. The number of aryl methyl sites for hydroxylation is 1. The van der Waals surface area contributed by atoms with Gasteiger partial charge in [0.2, 0.25) is 10.0 Å². The average molecular weight is 390 g/mol. The van der Waals surface area contributed by atoms with Crippen molar-refractivity contribution in [1.29, 1.82) is 0 Å². The van der Waals surface area contributed by atoms with Gasteiger partial charge in [0.1, 0.15) is 0 Å². The molecule has 1 atom stereocenters. The third-order valence-electron chi connectivity index (χ3n) is 5.08. The van der Waals surface area contributed by atoms with Crippen molar-refractivity contribution < 1.29 is 17.9 Å². The molecule has 27 heavy (non-hydrogen) atoms. The maximum atomic E-state index is 12.7. The zero-order valence-corrected chi connectivity index (χ0v) is 16.7. The van der Waals surface area contributed by atoms with Crippen molar-refractivity contribution in [3.05, 3.63) is 65.7 Å². The first kappa shape index (κ1) is 20.0. The van der Waals surface area contributed by atoms with Gasteiger partial charge in [0.05, 0.1) is 18.1 Å². The first-order valence-electron chi connectivity index (χ1n) is 9.24. The monoisotopic (exact) mass is 389 g/mol. The highest BCUT2D eigenvalue weighted by molar-refractivity contribution is 7.89. The van der Waals surface area contributed by atoms with E-state index in [1.165, 1.54) is 0 Å². The second-order valence-electron chi connectivity index (χ2n) is 7.27. The maximum absolute atomic E-state index is 12.7. The first-order valence-corrected chi connectivity index (χ1v) is 10.7. The van der Waals surface area contributed by atoms with Crippen LogP contribution in [0.15, 0.2) is 59.5 Å². The summed E-state index contributed by atoms with van der Waals surface area (Å²) in [7, 11) is -3.57. The highest BCUT2D eigenvalue weighted by Gasteiger charge is 2.31. The van der Waals surface area contributed by atoms with E-state index in [2.05, 4.69) is 11.6 Å². The normalized spacial score (nSPS) is 17.7. The van der Waals surface area contributed by atoms with Gasteiger partial charge in [-0.05, 0) is 37.5 Å². The van der Waals surface area contributed by atoms with Crippen LogP contribution in [0.5, 0.6) is 0 Å². The molecular formula is C21H27NO4S. The Balaban J connectivity index is 1.75. The number of sulfonamides is 1. The zero-order chi connectivity index (χ0) is 19.3. The van der Waals surface area contributed by atoms with Crippen LogP contribution in [-0.2, 0) is 24.9 Å². The van der Waals surface area contributed by atoms with Crippen molar-refractivity contribution in [2.45, 2.75) is 43.3 Å². The quantitative estimate of drug-likeness (QED) is 0.752. The highest BCUT2D eigenvalue weighted by atomic mass is 32.2. The summed E-state index contributed by atoms with van der Waals surface area (Å²) in [5.41, 5.74) is 1.75. The van der Waals surface area contributed by atoms with E-state index in [-0.39, 0.29) is 16.6 Å². The highest BCUT2D eigenvalue weighted by Crippen LogP contribution is 2.30. The van der Waals surface area contributed by atoms with Gasteiger partial charge in [-0.15, -0.1) is 0 Å². The van der Waals surface area contributed by atoms with Gasteiger partial charge in [0, 0.05) is 12.0 Å². The van der Waals surface area contributed by atoms with Crippen LogP contribution in [0.1, 0.15) is 30.9 Å². The van der Waals surface area contributed by atoms with E-state index in [0.717, 1.165) is 24.0 Å². The Morgan fingerprint density at radius 1 is 1.04 bits per heavy atom. The predicted octanol–water partition coefficient (Wildman–Crippen LogP) is 3.38. The van der Waals surface area contributed by atoms with Crippen molar-refractivity contribution in [2.75, 3.05) is 19.8 Å². The van der Waals surface area contributed by atoms with Crippen molar-refractivity contribution in [1.82, 2.24) is 4.72 Å². The number of hydrogen-bond donors (Lipinski definition) is 1. The second-order valence-corrected chi connectivity index (χ2v) is 9.04. The molecule has 0 aromatic heterocycles. The molecule has 0 aliphatic carbocycles. The fourth-order valence-electron chi connectivity index (χ4n) is 3.24. The lowest BCUT2D eigenvalue weighted by atomic mass is 9.78. The standard InChI is InChI=1S/C21H27NO4S/c1-17-8-10-19(11-9-17)27(23,24)22-16-21(2,18-6-4-3-5-7-18)13-12-20-25-14-15-26-20/h3-11,20,22H,12-16H2,1-2H3. The van der Waals surface area contributed by atoms with Crippen LogP contribution >= 0.6 is 0 Å². The molecule has 146 valence electrons. The number of ether oxygens (including phenoxy) is 2. The maximum Gasteiger partial charge on any atom is 0.240 e. The molecule has 2 aromatic carbocycles. The molecule has 0 spiro atoms. The predicted molar refractivity (Wildman–Crippen MR) is 105 cm³/mol. The van der Waals surface area contributed by atoms with E-state index in [4.69, 9.17) is 9.47 Å². The Bertz CT molecular complexity index is 830. The van der Waals surface area contributed by atoms with Crippen molar-refractivity contribution >= 4 is 10.0 Å². The minimum atomic E-state index is -3.57. The van der Waals surface area contributed by atoms with Gasteiger partial charge in [-0.2, -0.15) is 0 Å². The molecule has 0 amide bonds. The van der Waals surface area contributed by atoms with E-state index in [1.807, 2.05) is 37.3 Å².